The van der Waals surface area contributed by atoms with Crippen LogP contribution >= 0.6 is 0 Å². The molecule has 124 valence electrons. The first-order valence-corrected chi connectivity index (χ1v) is 7.85. The average molecular weight is 332 g/mol. The fourth-order valence-electron chi connectivity index (χ4n) is 2.66. The van der Waals surface area contributed by atoms with Gasteiger partial charge in [0.15, 0.2) is 5.65 Å². The smallest absolute Gasteiger partial charge is 0.228 e. The number of para-hydroxylation sites is 2. The summed E-state index contributed by atoms with van der Waals surface area (Å²) in [5, 5.41) is 5.19. The van der Waals surface area contributed by atoms with Crippen LogP contribution in [0.5, 0.6) is 11.6 Å². The second-order valence-electron chi connectivity index (χ2n) is 5.41. The fourth-order valence-corrected chi connectivity index (χ4v) is 2.66. The Morgan fingerprint density at radius 3 is 2.60 bits per heavy atom. The van der Waals surface area contributed by atoms with Gasteiger partial charge in [0.2, 0.25) is 5.88 Å². The summed E-state index contributed by atoms with van der Waals surface area (Å²) in [4.78, 5) is 8.61. The van der Waals surface area contributed by atoms with Gasteiger partial charge in [0, 0.05) is 5.56 Å². The minimum absolute atomic E-state index is 0.354. The first-order valence-electron chi connectivity index (χ1n) is 7.85. The highest BCUT2D eigenvalue weighted by Gasteiger charge is 2.12. The van der Waals surface area contributed by atoms with Crippen LogP contribution < -0.4 is 9.47 Å². The van der Waals surface area contributed by atoms with Gasteiger partial charge in [-0.2, -0.15) is 5.10 Å². The molecule has 2 heterocycles. The van der Waals surface area contributed by atoms with Crippen LogP contribution in [-0.2, 0) is 6.61 Å². The number of ether oxygens (including phenoxy) is 2. The highest BCUT2D eigenvalue weighted by molar-refractivity contribution is 5.81. The number of fused-ring (bicyclic) bond motifs is 1. The molecule has 0 bridgehead atoms. The topological polar surface area (TPSA) is 62.1 Å². The minimum atomic E-state index is 0.354. The highest BCUT2D eigenvalue weighted by atomic mass is 16.5. The number of aromatic nitrogens is 4. The van der Waals surface area contributed by atoms with Crippen LogP contribution in [0.4, 0.5) is 0 Å². The van der Waals surface area contributed by atoms with Crippen LogP contribution in [-0.4, -0.2) is 26.9 Å². The van der Waals surface area contributed by atoms with Crippen molar-refractivity contribution < 1.29 is 9.47 Å². The summed E-state index contributed by atoms with van der Waals surface area (Å²) in [7, 11) is 1.64. The van der Waals surface area contributed by atoms with Gasteiger partial charge in [-0.25, -0.2) is 14.6 Å². The van der Waals surface area contributed by atoms with Gasteiger partial charge >= 0.3 is 0 Å². The summed E-state index contributed by atoms with van der Waals surface area (Å²) in [6.07, 6.45) is 3.21. The summed E-state index contributed by atoms with van der Waals surface area (Å²) >= 11 is 0. The largest absolute Gasteiger partial charge is 0.496 e. The number of hydrogen-bond donors (Lipinski definition) is 0. The molecule has 2 aromatic heterocycles. The van der Waals surface area contributed by atoms with Crippen molar-refractivity contribution in [1.82, 2.24) is 19.7 Å². The SMILES string of the molecule is COc1ccccc1COc1ncnc2c1cnn2-c1ccccc1. The molecule has 4 aromatic rings. The average Bonchev–Trinajstić information content (AvgIpc) is 3.12. The zero-order valence-corrected chi connectivity index (χ0v) is 13.7. The Labute approximate surface area is 144 Å². The van der Waals surface area contributed by atoms with Gasteiger partial charge in [0.05, 0.1) is 19.0 Å². The van der Waals surface area contributed by atoms with Crippen LogP contribution in [0.1, 0.15) is 5.56 Å². The molecule has 0 fully saturated rings. The van der Waals surface area contributed by atoms with Crippen molar-refractivity contribution in [2.75, 3.05) is 7.11 Å². The normalized spacial score (nSPS) is 10.8. The van der Waals surface area contributed by atoms with Gasteiger partial charge in [-0.15, -0.1) is 0 Å². The number of hydrogen-bond acceptors (Lipinski definition) is 5. The van der Waals surface area contributed by atoms with Gasteiger partial charge in [-0.05, 0) is 18.2 Å². The Balaban J connectivity index is 1.66. The monoisotopic (exact) mass is 332 g/mol. The number of benzene rings is 2. The molecular weight excluding hydrogens is 316 g/mol. The minimum Gasteiger partial charge on any atom is -0.496 e. The van der Waals surface area contributed by atoms with Crippen molar-refractivity contribution in [2.45, 2.75) is 6.61 Å². The lowest BCUT2D eigenvalue weighted by atomic mass is 10.2. The molecule has 0 spiro atoms. The van der Waals surface area contributed by atoms with Crippen molar-refractivity contribution in [3.63, 3.8) is 0 Å². The molecule has 2 aromatic carbocycles. The molecule has 6 heteroatoms. The summed E-state index contributed by atoms with van der Waals surface area (Å²) in [6.45, 7) is 0.354. The molecule has 0 aliphatic heterocycles. The van der Waals surface area contributed by atoms with E-state index in [1.807, 2.05) is 54.6 Å². The number of nitrogens with zero attached hydrogens (tertiary/aromatic N) is 4. The molecule has 6 nitrogen and oxygen atoms in total. The molecule has 0 unspecified atom stereocenters. The maximum atomic E-state index is 5.91. The van der Waals surface area contributed by atoms with Gasteiger partial charge < -0.3 is 9.47 Å². The molecule has 0 aliphatic carbocycles. The maximum absolute atomic E-state index is 5.91. The molecule has 0 saturated heterocycles. The lowest BCUT2D eigenvalue weighted by molar-refractivity contribution is 0.289. The molecule has 0 aliphatic rings. The molecule has 0 atom stereocenters. The molecule has 0 radical (unpaired) electrons. The van der Waals surface area contributed by atoms with E-state index in [0.717, 1.165) is 22.4 Å². The molecule has 4 rings (SSSR count). The molecule has 0 amide bonds. The lowest BCUT2D eigenvalue weighted by Gasteiger charge is -2.10. The third-order valence-electron chi connectivity index (χ3n) is 3.89. The van der Waals surface area contributed by atoms with Gasteiger partial charge in [-0.1, -0.05) is 36.4 Å². The highest BCUT2D eigenvalue weighted by Crippen LogP contribution is 2.25. The molecule has 0 saturated carbocycles. The van der Waals surface area contributed by atoms with Crippen molar-refractivity contribution >= 4 is 11.0 Å². The molecule has 0 N–H and O–H groups in total. The summed E-state index contributed by atoms with van der Waals surface area (Å²) in [6, 6.07) is 17.6. The van der Waals surface area contributed by atoms with Gasteiger partial charge in [-0.3, -0.25) is 0 Å². The predicted octanol–water partition coefficient (Wildman–Crippen LogP) is 3.40. The quantitative estimate of drug-likeness (QED) is 0.560. The van der Waals surface area contributed by atoms with E-state index in [0.29, 0.717) is 18.1 Å². The van der Waals surface area contributed by atoms with Gasteiger partial charge in [0.1, 0.15) is 24.1 Å². The first kappa shape index (κ1) is 15.1. The second kappa shape index (κ2) is 6.60. The Morgan fingerprint density at radius 1 is 0.960 bits per heavy atom. The van der Waals surface area contributed by atoms with E-state index in [1.165, 1.54) is 6.33 Å². The third kappa shape index (κ3) is 2.89. The van der Waals surface area contributed by atoms with E-state index in [9.17, 15) is 0 Å². The van der Waals surface area contributed by atoms with E-state index < -0.39 is 0 Å². The number of methoxy groups -OCH3 is 1. The van der Waals surface area contributed by atoms with Crippen LogP contribution in [0.25, 0.3) is 16.7 Å². The Bertz CT molecular complexity index is 999. The predicted molar refractivity (Wildman–Crippen MR) is 94.0 cm³/mol. The van der Waals surface area contributed by atoms with Crippen LogP contribution in [0.3, 0.4) is 0 Å². The Kier molecular flexibility index (Phi) is 4.00. The fraction of sp³-hybridized carbons (Fsp3) is 0.105. The zero-order valence-electron chi connectivity index (χ0n) is 13.7. The summed E-state index contributed by atoms with van der Waals surface area (Å²) in [5.41, 5.74) is 2.59. The standard InChI is InChI=1S/C19H16N4O2/c1-24-17-10-6-5-7-14(17)12-25-19-16-11-22-23(18(16)20-13-21-19)15-8-3-2-4-9-15/h2-11,13H,12H2,1H3. The second-order valence-corrected chi connectivity index (χ2v) is 5.41. The zero-order chi connectivity index (χ0) is 17.1. The molecule has 25 heavy (non-hydrogen) atoms. The van der Waals surface area contributed by atoms with Crippen molar-refractivity contribution in [3.05, 3.63) is 72.7 Å². The third-order valence-corrected chi connectivity index (χ3v) is 3.89. The van der Waals surface area contributed by atoms with Gasteiger partial charge in [0.25, 0.3) is 0 Å². The molecular formula is C19H16N4O2. The van der Waals surface area contributed by atoms with E-state index >= 15 is 0 Å². The summed E-state index contributed by atoms with van der Waals surface area (Å²) < 4.78 is 13.0. The van der Waals surface area contributed by atoms with E-state index in [-0.39, 0.29) is 0 Å². The van der Waals surface area contributed by atoms with E-state index in [1.54, 1.807) is 18.0 Å². The van der Waals surface area contributed by atoms with Crippen molar-refractivity contribution in [3.8, 4) is 17.3 Å². The Morgan fingerprint density at radius 2 is 1.76 bits per heavy atom. The van der Waals surface area contributed by atoms with E-state index in [2.05, 4.69) is 15.1 Å². The van der Waals surface area contributed by atoms with Crippen LogP contribution in [0, 0.1) is 0 Å². The number of rotatable bonds is 5. The van der Waals surface area contributed by atoms with Crippen LogP contribution in [0.15, 0.2) is 67.1 Å². The lowest BCUT2D eigenvalue weighted by Crippen LogP contribution is -2.01. The first-order chi connectivity index (χ1) is 12.4. The van der Waals surface area contributed by atoms with E-state index in [4.69, 9.17) is 9.47 Å². The Hall–Kier alpha value is -3.41. The van der Waals surface area contributed by atoms with Crippen molar-refractivity contribution in [1.29, 1.82) is 0 Å². The maximum Gasteiger partial charge on any atom is 0.228 e. The van der Waals surface area contributed by atoms with Crippen molar-refractivity contribution in [2.24, 2.45) is 0 Å². The van der Waals surface area contributed by atoms with Crippen LogP contribution in [0.2, 0.25) is 0 Å². The summed E-state index contributed by atoms with van der Waals surface area (Å²) in [5.74, 6) is 1.28.